The largest absolute Gasteiger partial charge is 0.364 e. The summed E-state index contributed by atoms with van der Waals surface area (Å²) in [7, 11) is 1.70. The van der Waals surface area contributed by atoms with Crippen LogP contribution >= 0.6 is 0 Å². The second-order valence-corrected chi connectivity index (χ2v) is 5.35. The fourth-order valence-corrected chi connectivity index (χ4v) is 2.44. The van der Waals surface area contributed by atoms with Crippen molar-refractivity contribution in [2.75, 3.05) is 12.4 Å². The number of nitrogens with one attached hydrogen (secondary N) is 1. The minimum atomic E-state index is -0.597. The van der Waals surface area contributed by atoms with Crippen LogP contribution in [0.15, 0.2) is 47.6 Å². The van der Waals surface area contributed by atoms with E-state index in [-0.39, 0.29) is 6.54 Å². The van der Waals surface area contributed by atoms with Crippen LogP contribution in [0.5, 0.6) is 0 Å². The Bertz CT molecular complexity index is 960. The number of benzene rings is 1. The van der Waals surface area contributed by atoms with E-state index in [1.807, 2.05) is 32.9 Å². The van der Waals surface area contributed by atoms with E-state index in [2.05, 4.69) is 20.4 Å². The van der Waals surface area contributed by atoms with Crippen molar-refractivity contribution in [1.82, 2.24) is 14.6 Å². The van der Waals surface area contributed by atoms with E-state index in [1.165, 1.54) is 12.1 Å². The van der Waals surface area contributed by atoms with Crippen molar-refractivity contribution in [1.29, 1.82) is 0 Å². The van der Waals surface area contributed by atoms with Crippen molar-refractivity contribution in [2.24, 2.45) is 4.99 Å². The van der Waals surface area contributed by atoms with Gasteiger partial charge in [-0.15, -0.1) is 5.10 Å². The summed E-state index contributed by atoms with van der Waals surface area (Å²) in [4.78, 5) is 8.36. The van der Waals surface area contributed by atoms with Gasteiger partial charge in [0.25, 0.3) is 0 Å². The van der Waals surface area contributed by atoms with E-state index in [4.69, 9.17) is 0 Å². The van der Waals surface area contributed by atoms with Gasteiger partial charge in [0.1, 0.15) is 17.5 Å². The van der Waals surface area contributed by atoms with Gasteiger partial charge in [-0.05, 0) is 25.1 Å². The summed E-state index contributed by atoms with van der Waals surface area (Å²) in [5, 5.41) is 7.54. The first-order chi connectivity index (χ1) is 13.1. The Kier molecular flexibility index (Phi) is 7.16. The van der Waals surface area contributed by atoms with Gasteiger partial charge in [-0.25, -0.2) is 18.3 Å². The molecule has 1 aromatic carbocycles. The first-order valence-electron chi connectivity index (χ1n) is 8.74. The minimum absolute atomic E-state index is 0.196. The van der Waals surface area contributed by atoms with E-state index in [9.17, 15) is 8.78 Å². The number of aliphatic imine (C=N–C) groups is 1. The Morgan fingerprint density at radius 2 is 2.00 bits per heavy atom. The molecule has 3 rings (SSSR count). The average Bonchev–Trinajstić information content (AvgIpc) is 3.10. The van der Waals surface area contributed by atoms with E-state index < -0.39 is 11.6 Å². The number of rotatable bonds is 5. The van der Waals surface area contributed by atoms with Gasteiger partial charge in [0, 0.05) is 37.0 Å². The van der Waals surface area contributed by atoms with Crippen LogP contribution < -0.4 is 5.32 Å². The van der Waals surface area contributed by atoms with Crippen LogP contribution in [-0.4, -0.2) is 27.9 Å². The van der Waals surface area contributed by atoms with Crippen LogP contribution in [0.3, 0.4) is 0 Å². The molecule has 0 amide bonds. The zero-order valence-corrected chi connectivity index (χ0v) is 15.9. The second kappa shape index (κ2) is 9.56. The van der Waals surface area contributed by atoms with Crippen LogP contribution in [-0.2, 0) is 6.54 Å². The van der Waals surface area contributed by atoms with Crippen molar-refractivity contribution >= 4 is 23.3 Å². The molecule has 0 saturated carbocycles. The topological polar surface area (TPSA) is 54.6 Å². The number of hydrogen-bond donors (Lipinski definition) is 1. The Hall–Kier alpha value is -3.09. The molecule has 7 heteroatoms. The molecule has 5 nitrogen and oxygen atoms in total. The molecule has 0 bridgehead atoms. The smallest absolute Gasteiger partial charge is 0.154 e. The number of fused-ring (bicyclic) bond motifs is 1. The second-order valence-electron chi connectivity index (χ2n) is 5.35. The van der Waals surface area contributed by atoms with Crippen LogP contribution in [0.1, 0.15) is 32.0 Å². The molecule has 3 aromatic rings. The van der Waals surface area contributed by atoms with Gasteiger partial charge in [0.2, 0.25) is 0 Å². The molecule has 0 fully saturated rings. The highest BCUT2D eigenvalue weighted by Gasteiger charge is 2.09. The molecule has 27 heavy (non-hydrogen) atoms. The zero-order valence-electron chi connectivity index (χ0n) is 15.9. The zero-order chi connectivity index (χ0) is 19.8. The van der Waals surface area contributed by atoms with E-state index in [0.717, 1.165) is 17.3 Å². The van der Waals surface area contributed by atoms with Gasteiger partial charge in [0.05, 0.1) is 11.9 Å². The molecule has 0 aliphatic rings. The molecule has 2 heterocycles. The lowest BCUT2D eigenvalue weighted by molar-refractivity contribution is 0.574. The van der Waals surface area contributed by atoms with Crippen molar-refractivity contribution in [2.45, 2.75) is 27.3 Å². The Morgan fingerprint density at radius 3 is 2.67 bits per heavy atom. The van der Waals surface area contributed by atoms with Gasteiger partial charge >= 0.3 is 0 Å². The average molecular weight is 371 g/mol. The quantitative estimate of drug-likeness (QED) is 0.659. The van der Waals surface area contributed by atoms with Crippen LogP contribution in [0.25, 0.3) is 11.2 Å². The Balaban J connectivity index is 0.00000126. The van der Waals surface area contributed by atoms with Crippen LogP contribution in [0.4, 0.5) is 14.6 Å². The predicted octanol–water partition coefficient (Wildman–Crippen LogP) is 4.75. The standard InChI is InChI=1S/C18H17F2N5.C2H6/c1-3-12(9-21-2)16-11-23-18-7-6-17(24-25(16)18)22-10-13-4-5-14(19)8-15(13)20;1-2/h3-9,11H,10H2,1-2H3,(H,22,24);1-2H3/b12-3+,21-9?;. The summed E-state index contributed by atoms with van der Waals surface area (Å²) in [6.45, 7) is 6.11. The molecule has 0 unspecified atom stereocenters. The maximum absolute atomic E-state index is 13.7. The minimum Gasteiger partial charge on any atom is -0.364 e. The fourth-order valence-electron chi connectivity index (χ4n) is 2.44. The number of allylic oxidation sites excluding steroid dienone is 2. The number of nitrogens with zero attached hydrogens (tertiary/aromatic N) is 4. The van der Waals surface area contributed by atoms with Crippen LogP contribution in [0.2, 0.25) is 0 Å². The summed E-state index contributed by atoms with van der Waals surface area (Å²) >= 11 is 0. The third kappa shape index (κ3) is 4.75. The molecule has 0 saturated heterocycles. The molecule has 0 aliphatic carbocycles. The van der Waals surface area contributed by atoms with Gasteiger partial charge in [-0.2, -0.15) is 0 Å². The monoisotopic (exact) mass is 371 g/mol. The maximum atomic E-state index is 13.7. The van der Waals surface area contributed by atoms with Gasteiger partial charge in [-0.1, -0.05) is 26.0 Å². The SMILES string of the molecule is C/C=C(\C=NC)c1cnc2ccc(NCc3ccc(F)cc3F)nn12.CC. The fraction of sp³-hybridized carbons (Fsp3) is 0.250. The van der Waals surface area contributed by atoms with Crippen molar-refractivity contribution in [3.05, 3.63) is 65.5 Å². The third-order valence-electron chi connectivity index (χ3n) is 3.71. The maximum Gasteiger partial charge on any atom is 0.154 e. The van der Waals surface area contributed by atoms with Crippen molar-refractivity contribution < 1.29 is 8.78 Å². The van der Waals surface area contributed by atoms with Gasteiger partial charge in [0.15, 0.2) is 5.65 Å². The highest BCUT2D eigenvalue weighted by Crippen LogP contribution is 2.17. The molecule has 1 N–H and O–H groups in total. The molecule has 0 atom stereocenters. The summed E-state index contributed by atoms with van der Waals surface area (Å²) in [6, 6.07) is 7.08. The Morgan fingerprint density at radius 1 is 1.22 bits per heavy atom. The van der Waals surface area contributed by atoms with Crippen LogP contribution in [0, 0.1) is 11.6 Å². The molecular formula is C20H23F2N5. The number of aromatic nitrogens is 3. The van der Waals surface area contributed by atoms with E-state index in [0.29, 0.717) is 17.0 Å². The molecule has 0 aliphatic heterocycles. The Labute approximate surface area is 157 Å². The van der Waals surface area contributed by atoms with Crippen molar-refractivity contribution in [3.8, 4) is 0 Å². The number of hydrogen-bond acceptors (Lipinski definition) is 4. The number of imidazole rings is 1. The normalized spacial score (nSPS) is 11.6. The summed E-state index contributed by atoms with van der Waals surface area (Å²) in [5.41, 5.74) is 2.75. The molecular weight excluding hydrogens is 348 g/mol. The third-order valence-corrected chi connectivity index (χ3v) is 3.71. The predicted molar refractivity (Wildman–Crippen MR) is 106 cm³/mol. The molecule has 2 aromatic heterocycles. The first kappa shape index (κ1) is 20.2. The first-order valence-corrected chi connectivity index (χ1v) is 8.74. The van der Waals surface area contributed by atoms with Crippen molar-refractivity contribution in [3.63, 3.8) is 0 Å². The van der Waals surface area contributed by atoms with Gasteiger partial charge < -0.3 is 5.32 Å². The summed E-state index contributed by atoms with van der Waals surface area (Å²) in [6.07, 6.45) is 5.38. The van der Waals surface area contributed by atoms with E-state index >= 15 is 0 Å². The highest BCUT2D eigenvalue weighted by atomic mass is 19.1. The number of halogens is 2. The number of anilines is 1. The lowest BCUT2D eigenvalue weighted by atomic mass is 10.2. The lowest BCUT2D eigenvalue weighted by Gasteiger charge is -2.08. The summed E-state index contributed by atoms with van der Waals surface area (Å²) in [5.74, 6) is -0.632. The molecule has 0 spiro atoms. The lowest BCUT2D eigenvalue weighted by Crippen LogP contribution is -2.07. The van der Waals surface area contributed by atoms with E-state index in [1.54, 1.807) is 30.0 Å². The highest BCUT2D eigenvalue weighted by molar-refractivity contribution is 6.09. The molecule has 142 valence electrons. The molecule has 0 radical (unpaired) electrons. The summed E-state index contributed by atoms with van der Waals surface area (Å²) < 4.78 is 28.4. The van der Waals surface area contributed by atoms with Gasteiger partial charge in [-0.3, -0.25) is 4.99 Å².